The van der Waals surface area contributed by atoms with E-state index in [2.05, 4.69) is 0 Å². The van der Waals surface area contributed by atoms with Gasteiger partial charge < -0.3 is 4.74 Å². The molecule has 0 radical (unpaired) electrons. The maximum Gasteiger partial charge on any atom is 0.141 e. The first-order valence-corrected chi connectivity index (χ1v) is 6.57. The molecule has 2 nitrogen and oxygen atoms in total. The minimum absolute atomic E-state index is 0.0162. The van der Waals surface area contributed by atoms with Crippen molar-refractivity contribution in [3.05, 3.63) is 64.4 Å². The van der Waals surface area contributed by atoms with Crippen molar-refractivity contribution in [2.24, 2.45) is 0 Å². The molecule has 0 aromatic heterocycles. The summed E-state index contributed by atoms with van der Waals surface area (Å²) in [6.45, 7) is 1.91. The minimum atomic E-state index is -0.539. The van der Waals surface area contributed by atoms with Gasteiger partial charge in [0.15, 0.2) is 0 Å². The molecule has 1 atom stereocenters. The van der Waals surface area contributed by atoms with Crippen molar-refractivity contribution >= 4 is 11.6 Å². The molecule has 0 aliphatic rings. The van der Waals surface area contributed by atoms with Crippen LogP contribution >= 0.6 is 11.6 Å². The lowest BCUT2D eigenvalue weighted by molar-refractivity contribution is 0.222. The Morgan fingerprint density at radius 2 is 2.10 bits per heavy atom. The Kier molecular flexibility index (Phi) is 4.60. The lowest BCUT2D eigenvalue weighted by Crippen LogP contribution is -2.15. The molecule has 2 rings (SSSR count). The van der Waals surface area contributed by atoms with Gasteiger partial charge in [0, 0.05) is 17.5 Å². The molecule has 0 bridgehead atoms. The van der Waals surface area contributed by atoms with E-state index in [4.69, 9.17) is 21.6 Å². The van der Waals surface area contributed by atoms with Crippen molar-refractivity contribution in [3.63, 3.8) is 0 Å². The predicted molar refractivity (Wildman–Crippen MR) is 76.4 cm³/mol. The summed E-state index contributed by atoms with van der Waals surface area (Å²) < 4.78 is 18.9. The number of ether oxygens (including phenoxy) is 1. The van der Waals surface area contributed by atoms with E-state index in [9.17, 15) is 4.39 Å². The van der Waals surface area contributed by atoms with Crippen LogP contribution in [0.3, 0.4) is 0 Å². The fourth-order valence-electron chi connectivity index (χ4n) is 1.93. The predicted octanol–water partition coefficient (Wildman–Crippen LogP) is 4.36. The molecule has 0 heterocycles. The zero-order chi connectivity index (χ0) is 14.5. The van der Waals surface area contributed by atoms with Crippen LogP contribution < -0.4 is 4.74 Å². The van der Waals surface area contributed by atoms with Crippen LogP contribution in [0.15, 0.2) is 42.5 Å². The first kappa shape index (κ1) is 14.4. The Bertz CT molecular complexity index is 651. The average Bonchev–Trinajstić information content (AvgIpc) is 2.41. The Labute approximate surface area is 122 Å². The van der Waals surface area contributed by atoms with E-state index < -0.39 is 5.82 Å². The molecular formula is C16H13ClFNO. The number of benzene rings is 2. The molecule has 0 N–H and O–H groups in total. The van der Waals surface area contributed by atoms with E-state index in [0.717, 1.165) is 5.56 Å². The third kappa shape index (κ3) is 3.72. The summed E-state index contributed by atoms with van der Waals surface area (Å²) >= 11 is 5.93. The van der Waals surface area contributed by atoms with Gasteiger partial charge in [0.2, 0.25) is 0 Å². The summed E-state index contributed by atoms with van der Waals surface area (Å²) in [6, 6.07) is 13.5. The number of nitriles is 1. The van der Waals surface area contributed by atoms with Gasteiger partial charge in [-0.05, 0) is 36.8 Å². The van der Waals surface area contributed by atoms with Gasteiger partial charge in [-0.2, -0.15) is 5.26 Å². The van der Waals surface area contributed by atoms with Gasteiger partial charge in [-0.3, -0.25) is 0 Å². The highest BCUT2D eigenvalue weighted by Crippen LogP contribution is 2.19. The van der Waals surface area contributed by atoms with Crippen LogP contribution in [-0.2, 0) is 6.42 Å². The topological polar surface area (TPSA) is 33.0 Å². The van der Waals surface area contributed by atoms with Gasteiger partial charge in [0.25, 0.3) is 0 Å². The largest absolute Gasteiger partial charge is 0.490 e. The average molecular weight is 290 g/mol. The zero-order valence-electron chi connectivity index (χ0n) is 10.9. The summed E-state index contributed by atoms with van der Waals surface area (Å²) in [4.78, 5) is 0. The molecule has 102 valence electrons. The van der Waals surface area contributed by atoms with E-state index in [1.165, 1.54) is 18.2 Å². The third-order valence-electron chi connectivity index (χ3n) is 2.81. The molecule has 0 aliphatic carbocycles. The van der Waals surface area contributed by atoms with Crippen LogP contribution in [0.1, 0.15) is 18.1 Å². The summed E-state index contributed by atoms with van der Waals surface area (Å²) in [5.41, 5.74) is 1.05. The van der Waals surface area contributed by atoms with E-state index in [-0.39, 0.29) is 11.7 Å². The SMILES string of the molecule is CC(Cc1cccc(Cl)c1)Oc1ccc(F)c(C#N)c1. The van der Waals surface area contributed by atoms with Crippen molar-refractivity contribution in [2.45, 2.75) is 19.4 Å². The smallest absolute Gasteiger partial charge is 0.141 e. The van der Waals surface area contributed by atoms with Crippen molar-refractivity contribution < 1.29 is 9.13 Å². The molecule has 0 amide bonds. The van der Waals surface area contributed by atoms with Gasteiger partial charge in [-0.25, -0.2) is 4.39 Å². The molecule has 0 fully saturated rings. The van der Waals surface area contributed by atoms with Crippen LogP contribution in [0.4, 0.5) is 4.39 Å². The standard InChI is InChI=1S/C16H13ClFNO/c1-11(7-12-3-2-4-14(17)8-12)20-15-5-6-16(18)13(9-15)10-19/h2-6,8-9,11H,7H2,1H3. The quantitative estimate of drug-likeness (QED) is 0.838. The first-order chi connectivity index (χ1) is 9.58. The minimum Gasteiger partial charge on any atom is -0.490 e. The van der Waals surface area contributed by atoms with Crippen LogP contribution in [-0.4, -0.2) is 6.10 Å². The molecule has 0 saturated heterocycles. The summed E-state index contributed by atoms with van der Waals surface area (Å²) in [5.74, 6) is -0.0557. The second kappa shape index (κ2) is 6.40. The third-order valence-corrected chi connectivity index (χ3v) is 3.04. The molecule has 1 unspecified atom stereocenters. The highest BCUT2D eigenvalue weighted by molar-refractivity contribution is 6.30. The number of nitrogens with zero attached hydrogens (tertiary/aromatic N) is 1. The number of hydrogen-bond acceptors (Lipinski definition) is 2. The molecule has 20 heavy (non-hydrogen) atoms. The van der Waals surface area contributed by atoms with Crippen molar-refractivity contribution in [1.82, 2.24) is 0 Å². The molecule has 0 aliphatic heterocycles. The van der Waals surface area contributed by atoms with E-state index in [1.807, 2.05) is 31.2 Å². The Balaban J connectivity index is 2.05. The molecule has 0 spiro atoms. The van der Waals surface area contributed by atoms with Crippen LogP contribution in [0.25, 0.3) is 0 Å². The van der Waals surface area contributed by atoms with Crippen molar-refractivity contribution in [1.29, 1.82) is 5.26 Å². The van der Waals surface area contributed by atoms with E-state index >= 15 is 0 Å². The second-order valence-corrected chi connectivity index (χ2v) is 4.95. The normalized spacial score (nSPS) is 11.7. The summed E-state index contributed by atoms with van der Waals surface area (Å²) in [5, 5.41) is 9.47. The Hall–Kier alpha value is -2.05. The lowest BCUT2D eigenvalue weighted by atomic mass is 10.1. The Morgan fingerprint density at radius 3 is 2.80 bits per heavy atom. The molecule has 2 aromatic rings. The number of halogens is 2. The molecule has 4 heteroatoms. The van der Waals surface area contributed by atoms with E-state index in [1.54, 1.807) is 6.07 Å². The van der Waals surface area contributed by atoms with Crippen molar-refractivity contribution in [3.8, 4) is 11.8 Å². The van der Waals surface area contributed by atoms with Crippen LogP contribution in [0, 0.1) is 17.1 Å². The van der Waals surface area contributed by atoms with Gasteiger partial charge in [-0.15, -0.1) is 0 Å². The van der Waals surface area contributed by atoms with Crippen LogP contribution in [0.2, 0.25) is 5.02 Å². The maximum absolute atomic E-state index is 13.2. The highest BCUT2D eigenvalue weighted by atomic mass is 35.5. The Morgan fingerprint density at radius 1 is 1.30 bits per heavy atom. The number of hydrogen-bond donors (Lipinski definition) is 0. The lowest BCUT2D eigenvalue weighted by Gasteiger charge is -2.15. The second-order valence-electron chi connectivity index (χ2n) is 4.52. The van der Waals surface area contributed by atoms with Crippen LogP contribution in [0.5, 0.6) is 5.75 Å². The van der Waals surface area contributed by atoms with Gasteiger partial charge >= 0.3 is 0 Å². The highest BCUT2D eigenvalue weighted by Gasteiger charge is 2.08. The monoisotopic (exact) mass is 289 g/mol. The van der Waals surface area contributed by atoms with Gasteiger partial charge in [-0.1, -0.05) is 23.7 Å². The maximum atomic E-state index is 13.2. The number of rotatable bonds is 4. The molecular weight excluding hydrogens is 277 g/mol. The van der Waals surface area contributed by atoms with E-state index in [0.29, 0.717) is 17.2 Å². The fourth-order valence-corrected chi connectivity index (χ4v) is 2.15. The van der Waals surface area contributed by atoms with Gasteiger partial charge in [0.1, 0.15) is 17.6 Å². The summed E-state index contributed by atoms with van der Waals surface area (Å²) in [7, 11) is 0. The molecule has 0 saturated carbocycles. The zero-order valence-corrected chi connectivity index (χ0v) is 11.7. The summed E-state index contributed by atoms with van der Waals surface area (Å²) in [6.07, 6.45) is 0.574. The molecule has 2 aromatic carbocycles. The fraction of sp³-hybridized carbons (Fsp3) is 0.188. The van der Waals surface area contributed by atoms with Gasteiger partial charge in [0.05, 0.1) is 11.7 Å². The van der Waals surface area contributed by atoms with Crippen molar-refractivity contribution in [2.75, 3.05) is 0 Å². The first-order valence-electron chi connectivity index (χ1n) is 6.19.